The molecule has 3 heterocycles. The molecule has 0 unspecified atom stereocenters. The van der Waals surface area contributed by atoms with Gasteiger partial charge in [0.05, 0.1) is 11.0 Å². The second-order valence-electron chi connectivity index (χ2n) is 6.70. The molecule has 2 fully saturated rings. The highest BCUT2D eigenvalue weighted by atomic mass is 16.5. The van der Waals surface area contributed by atoms with Gasteiger partial charge in [0.1, 0.15) is 17.7 Å². The summed E-state index contributed by atoms with van der Waals surface area (Å²) in [5, 5.41) is 6.73. The van der Waals surface area contributed by atoms with Crippen molar-refractivity contribution >= 4 is 22.6 Å². The highest BCUT2D eigenvalue weighted by Crippen LogP contribution is 2.40. The quantitative estimate of drug-likeness (QED) is 0.759. The lowest BCUT2D eigenvalue weighted by molar-refractivity contribution is 0.101. The first-order valence-corrected chi connectivity index (χ1v) is 8.65. The number of fused-ring (bicyclic) bond motifs is 1. The molecular formula is C18H18N4O3. The molecule has 1 saturated heterocycles. The van der Waals surface area contributed by atoms with Gasteiger partial charge >= 0.3 is 0 Å². The van der Waals surface area contributed by atoms with Gasteiger partial charge < -0.3 is 19.6 Å². The summed E-state index contributed by atoms with van der Waals surface area (Å²) >= 11 is 0. The fraction of sp³-hybridized carbons (Fsp3) is 0.389. The molecule has 1 amide bonds. The summed E-state index contributed by atoms with van der Waals surface area (Å²) in [6, 6.07) is 7.33. The molecule has 7 nitrogen and oxygen atoms in total. The number of ether oxygens (including phenoxy) is 1. The molecule has 1 aromatic carbocycles. The van der Waals surface area contributed by atoms with E-state index in [2.05, 4.69) is 20.4 Å². The number of rotatable bonds is 4. The van der Waals surface area contributed by atoms with Crippen molar-refractivity contribution in [3.05, 3.63) is 41.5 Å². The fourth-order valence-electron chi connectivity index (χ4n) is 3.20. The predicted molar refractivity (Wildman–Crippen MR) is 90.5 cm³/mol. The van der Waals surface area contributed by atoms with Gasteiger partial charge in [-0.15, -0.1) is 0 Å². The van der Waals surface area contributed by atoms with E-state index in [0.717, 1.165) is 54.9 Å². The maximum Gasteiger partial charge on any atom is 0.277 e. The Balaban J connectivity index is 1.35. The number of nitrogens with one attached hydrogen (secondary N) is 2. The van der Waals surface area contributed by atoms with Crippen molar-refractivity contribution in [1.82, 2.24) is 15.1 Å². The first-order chi connectivity index (χ1) is 12.3. The van der Waals surface area contributed by atoms with Crippen LogP contribution in [0.2, 0.25) is 0 Å². The van der Waals surface area contributed by atoms with Crippen LogP contribution in [0.3, 0.4) is 0 Å². The molecule has 1 atom stereocenters. The topological polar surface area (TPSA) is 93.0 Å². The normalized spacial score (nSPS) is 20.2. The smallest absolute Gasteiger partial charge is 0.277 e. The summed E-state index contributed by atoms with van der Waals surface area (Å²) in [6.45, 7) is 0.781. The summed E-state index contributed by atoms with van der Waals surface area (Å²) in [5.74, 6) is 1.82. The third-order valence-electron chi connectivity index (χ3n) is 4.73. The number of nitrogens with zero attached hydrogens (tertiary/aromatic N) is 2. The third-order valence-corrected chi connectivity index (χ3v) is 4.73. The number of aromatic nitrogens is 3. The minimum absolute atomic E-state index is 0.0430. The minimum atomic E-state index is -0.270. The number of carbonyl (C=O) groups excluding carboxylic acids is 1. The zero-order valence-electron chi connectivity index (χ0n) is 13.6. The zero-order valence-corrected chi connectivity index (χ0v) is 13.6. The number of benzene rings is 1. The van der Waals surface area contributed by atoms with E-state index < -0.39 is 0 Å². The van der Waals surface area contributed by atoms with Crippen molar-refractivity contribution in [3.63, 3.8) is 0 Å². The maximum atomic E-state index is 12.3. The number of H-pyrrole nitrogens is 1. The largest absolute Gasteiger partial charge is 0.370 e. The second-order valence-corrected chi connectivity index (χ2v) is 6.70. The Morgan fingerprint density at radius 3 is 2.96 bits per heavy atom. The van der Waals surface area contributed by atoms with Gasteiger partial charge in [0.25, 0.3) is 5.91 Å². The molecule has 0 spiro atoms. The summed E-state index contributed by atoms with van der Waals surface area (Å²) in [4.78, 5) is 20.2. The number of anilines is 1. The predicted octanol–water partition coefficient (Wildman–Crippen LogP) is 3.53. The lowest BCUT2D eigenvalue weighted by Crippen LogP contribution is -2.12. The van der Waals surface area contributed by atoms with Gasteiger partial charge in [0, 0.05) is 24.3 Å². The van der Waals surface area contributed by atoms with Crippen LogP contribution in [0, 0.1) is 0 Å². The molecule has 2 N–H and O–H groups in total. The van der Waals surface area contributed by atoms with Crippen LogP contribution in [0.25, 0.3) is 11.0 Å². The zero-order chi connectivity index (χ0) is 16.8. The Labute approximate surface area is 143 Å². The van der Waals surface area contributed by atoms with Gasteiger partial charge in [-0.05, 0) is 43.9 Å². The van der Waals surface area contributed by atoms with Crippen molar-refractivity contribution in [2.75, 3.05) is 11.9 Å². The Bertz CT molecular complexity index is 935. The maximum absolute atomic E-state index is 12.3. The van der Waals surface area contributed by atoms with E-state index in [4.69, 9.17) is 9.26 Å². The van der Waals surface area contributed by atoms with Gasteiger partial charge in [0.2, 0.25) is 0 Å². The van der Waals surface area contributed by atoms with E-state index >= 15 is 0 Å². The van der Waals surface area contributed by atoms with Crippen LogP contribution in [0.5, 0.6) is 0 Å². The standard InChI is InChI=1S/C18H18N4O3/c23-18(14-9-16(25-22-14)10-3-4-10)19-11-5-6-12-13(8-11)21-17(20-12)15-2-1-7-24-15/h5-6,8-10,15H,1-4,7H2,(H,19,23)(H,20,21)/t15-/m0/s1. The molecule has 0 bridgehead atoms. The monoisotopic (exact) mass is 338 g/mol. The van der Waals surface area contributed by atoms with Crippen LogP contribution in [0.4, 0.5) is 5.69 Å². The molecule has 2 aliphatic rings. The summed E-state index contributed by atoms with van der Waals surface area (Å²) in [7, 11) is 0. The number of amides is 1. The van der Waals surface area contributed by atoms with Gasteiger partial charge in [-0.2, -0.15) is 0 Å². The van der Waals surface area contributed by atoms with Crippen molar-refractivity contribution in [3.8, 4) is 0 Å². The molecular weight excluding hydrogens is 320 g/mol. The van der Waals surface area contributed by atoms with Crippen molar-refractivity contribution in [2.45, 2.75) is 37.7 Å². The molecule has 1 saturated carbocycles. The number of aromatic amines is 1. The molecule has 1 aliphatic carbocycles. The van der Waals surface area contributed by atoms with Crippen LogP contribution >= 0.6 is 0 Å². The lowest BCUT2D eigenvalue weighted by Gasteiger charge is -2.03. The Morgan fingerprint density at radius 1 is 1.24 bits per heavy atom. The van der Waals surface area contributed by atoms with Crippen LogP contribution in [0.1, 0.15) is 59.8 Å². The highest BCUT2D eigenvalue weighted by Gasteiger charge is 2.29. The summed E-state index contributed by atoms with van der Waals surface area (Å²) < 4.78 is 10.9. The van der Waals surface area contributed by atoms with Crippen molar-refractivity contribution in [2.24, 2.45) is 0 Å². The molecule has 128 valence electrons. The second kappa shape index (κ2) is 5.70. The van der Waals surface area contributed by atoms with E-state index in [9.17, 15) is 4.79 Å². The number of carbonyl (C=O) groups is 1. The molecule has 25 heavy (non-hydrogen) atoms. The van der Waals surface area contributed by atoms with E-state index in [-0.39, 0.29) is 12.0 Å². The molecule has 2 aromatic heterocycles. The van der Waals surface area contributed by atoms with E-state index in [1.54, 1.807) is 6.07 Å². The number of hydrogen-bond donors (Lipinski definition) is 2. The first kappa shape index (κ1) is 14.7. The Morgan fingerprint density at radius 2 is 2.16 bits per heavy atom. The van der Waals surface area contributed by atoms with Crippen LogP contribution in [-0.4, -0.2) is 27.6 Å². The highest BCUT2D eigenvalue weighted by molar-refractivity contribution is 6.03. The molecule has 3 aromatic rings. The third kappa shape index (κ3) is 2.80. The number of imidazole rings is 1. The SMILES string of the molecule is O=C(Nc1ccc2nc([C@@H]3CCCO3)[nH]c2c1)c1cc(C2CC2)on1. The fourth-order valence-corrected chi connectivity index (χ4v) is 3.20. The van der Waals surface area contributed by atoms with E-state index in [1.165, 1.54) is 0 Å². The van der Waals surface area contributed by atoms with Crippen molar-refractivity contribution < 1.29 is 14.1 Å². The van der Waals surface area contributed by atoms with Crippen molar-refractivity contribution in [1.29, 1.82) is 0 Å². The van der Waals surface area contributed by atoms with Gasteiger partial charge in [-0.3, -0.25) is 4.79 Å². The summed E-state index contributed by atoms with van der Waals surface area (Å²) in [5.41, 5.74) is 2.74. The van der Waals surface area contributed by atoms with Crippen LogP contribution in [-0.2, 0) is 4.74 Å². The Hall–Kier alpha value is -2.67. The summed E-state index contributed by atoms with van der Waals surface area (Å²) in [6.07, 6.45) is 4.31. The number of hydrogen-bond acceptors (Lipinski definition) is 5. The molecule has 0 radical (unpaired) electrons. The Kier molecular flexibility index (Phi) is 3.34. The van der Waals surface area contributed by atoms with Gasteiger partial charge in [-0.25, -0.2) is 4.98 Å². The van der Waals surface area contributed by atoms with E-state index in [0.29, 0.717) is 17.3 Å². The van der Waals surface area contributed by atoms with Crippen LogP contribution in [0.15, 0.2) is 28.8 Å². The first-order valence-electron chi connectivity index (χ1n) is 8.65. The van der Waals surface area contributed by atoms with Gasteiger partial charge in [0.15, 0.2) is 5.69 Å². The molecule has 5 rings (SSSR count). The van der Waals surface area contributed by atoms with Gasteiger partial charge in [-0.1, -0.05) is 5.16 Å². The average Bonchev–Trinajstić information content (AvgIpc) is 3.08. The molecule has 1 aliphatic heterocycles. The average molecular weight is 338 g/mol. The molecule has 7 heteroatoms. The van der Waals surface area contributed by atoms with E-state index in [1.807, 2.05) is 18.2 Å². The lowest BCUT2D eigenvalue weighted by atomic mass is 10.2. The minimum Gasteiger partial charge on any atom is -0.370 e. The van der Waals surface area contributed by atoms with Crippen LogP contribution < -0.4 is 5.32 Å².